The minimum atomic E-state index is -0.593. The number of hydrogen-bond acceptors (Lipinski definition) is 3. The number of aliphatic hydroxyl groups excluding tert-OH is 1. The standard InChI is InChI=1S/C15H23NO3/c1-11-8-9-14(19-4)12(10-11)13(17)6-5-7-15(18)16(2)3/h8-10,13,17H,5-7H2,1-4H3. The summed E-state index contributed by atoms with van der Waals surface area (Å²) in [5, 5.41) is 10.2. The highest BCUT2D eigenvalue weighted by atomic mass is 16.5. The number of nitrogens with zero attached hydrogens (tertiary/aromatic N) is 1. The molecule has 1 unspecified atom stereocenters. The molecule has 0 heterocycles. The Kier molecular flexibility index (Phi) is 5.83. The number of rotatable bonds is 6. The van der Waals surface area contributed by atoms with E-state index >= 15 is 0 Å². The zero-order valence-corrected chi connectivity index (χ0v) is 12.1. The molecule has 1 rings (SSSR count). The van der Waals surface area contributed by atoms with Crippen molar-refractivity contribution in [3.63, 3.8) is 0 Å². The molecule has 0 aromatic heterocycles. The topological polar surface area (TPSA) is 49.8 Å². The van der Waals surface area contributed by atoms with Crippen LogP contribution in [0.3, 0.4) is 0 Å². The Morgan fingerprint density at radius 2 is 2.11 bits per heavy atom. The predicted molar refractivity (Wildman–Crippen MR) is 75.2 cm³/mol. The molecule has 0 spiro atoms. The molecule has 0 aliphatic heterocycles. The van der Waals surface area contributed by atoms with E-state index in [2.05, 4.69) is 0 Å². The van der Waals surface area contributed by atoms with Crippen molar-refractivity contribution >= 4 is 5.91 Å². The number of hydrogen-bond donors (Lipinski definition) is 1. The average Bonchev–Trinajstić information content (AvgIpc) is 2.38. The van der Waals surface area contributed by atoms with E-state index in [4.69, 9.17) is 4.74 Å². The minimum absolute atomic E-state index is 0.0865. The second-order valence-electron chi connectivity index (χ2n) is 4.94. The maximum absolute atomic E-state index is 11.5. The number of ether oxygens (including phenoxy) is 1. The van der Waals surface area contributed by atoms with Crippen molar-refractivity contribution in [3.05, 3.63) is 29.3 Å². The summed E-state index contributed by atoms with van der Waals surface area (Å²) in [6.45, 7) is 1.98. The van der Waals surface area contributed by atoms with Gasteiger partial charge in [0.1, 0.15) is 5.75 Å². The third-order valence-electron chi connectivity index (χ3n) is 3.11. The number of carbonyl (C=O) groups excluding carboxylic acids is 1. The molecule has 1 atom stereocenters. The normalized spacial score (nSPS) is 12.1. The molecule has 0 saturated heterocycles. The van der Waals surface area contributed by atoms with Gasteiger partial charge in [-0.25, -0.2) is 0 Å². The summed E-state index contributed by atoms with van der Waals surface area (Å²) in [6.07, 6.45) is 1.08. The molecule has 106 valence electrons. The van der Waals surface area contributed by atoms with E-state index in [1.54, 1.807) is 26.1 Å². The summed E-state index contributed by atoms with van der Waals surface area (Å²) in [4.78, 5) is 13.0. The lowest BCUT2D eigenvalue weighted by atomic mass is 10.0. The highest BCUT2D eigenvalue weighted by molar-refractivity contribution is 5.75. The number of methoxy groups -OCH3 is 1. The summed E-state index contributed by atoms with van der Waals surface area (Å²) in [5.41, 5.74) is 1.87. The first kappa shape index (κ1) is 15.5. The van der Waals surface area contributed by atoms with Crippen LogP contribution in [-0.2, 0) is 4.79 Å². The van der Waals surface area contributed by atoms with Crippen LogP contribution in [-0.4, -0.2) is 37.1 Å². The van der Waals surface area contributed by atoms with Crippen LogP contribution in [0, 0.1) is 6.92 Å². The van der Waals surface area contributed by atoms with E-state index in [-0.39, 0.29) is 5.91 Å². The Morgan fingerprint density at radius 1 is 1.42 bits per heavy atom. The molecule has 0 fully saturated rings. The summed E-state index contributed by atoms with van der Waals surface area (Å²) in [5.74, 6) is 0.778. The van der Waals surface area contributed by atoms with Gasteiger partial charge >= 0.3 is 0 Å². The second kappa shape index (κ2) is 7.14. The molecule has 1 amide bonds. The maximum atomic E-state index is 11.5. The molecule has 1 N–H and O–H groups in total. The largest absolute Gasteiger partial charge is 0.496 e. The zero-order valence-electron chi connectivity index (χ0n) is 12.1. The molecular weight excluding hydrogens is 242 g/mol. The quantitative estimate of drug-likeness (QED) is 0.858. The van der Waals surface area contributed by atoms with Gasteiger partial charge in [-0.2, -0.15) is 0 Å². The summed E-state index contributed by atoms with van der Waals surface area (Å²) in [6, 6.07) is 5.74. The van der Waals surface area contributed by atoms with Gasteiger partial charge in [-0.05, 0) is 31.9 Å². The van der Waals surface area contributed by atoms with Crippen molar-refractivity contribution in [3.8, 4) is 5.75 Å². The third kappa shape index (κ3) is 4.56. The molecule has 1 aromatic carbocycles. The minimum Gasteiger partial charge on any atom is -0.496 e. The van der Waals surface area contributed by atoms with Gasteiger partial charge in [0, 0.05) is 26.1 Å². The fraction of sp³-hybridized carbons (Fsp3) is 0.533. The van der Waals surface area contributed by atoms with Crippen molar-refractivity contribution in [1.29, 1.82) is 0 Å². The first-order valence-electron chi connectivity index (χ1n) is 6.48. The number of aryl methyl sites for hydroxylation is 1. The third-order valence-corrected chi connectivity index (χ3v) is 3.11. The molecule has 0 aliphatic carbocycles. The van der Waals surface area contributed by atoms with Gasteiger partial charge in [0.2, 0.25) is 5.91 Å². The molecule has 19 heavy (non-hydrogen) atoms. The average molecular weight is 265 g/mol. The van der Waals surface area contributed by atoms with Crippen molar-refractivity contribution < 1.29 is 14.6 Å². The van der Waals surface area contributed by atoms with Crippen LogP contribution >= 0.6 is 0 Å². The number of amides is 1. The maximum Gasteiger partial charge on any atom is 0.222 e. The Hall–Kier alpha value is -1.55. The van der Waals surface area contributed by atoms with Gasteiger partial charge in [-0.1, -0.05) is 11.6 Å². The Balaban J connectivity index is 2.60. The van der Waals surface area contributed by atoms with Crippen LogP contribution in [0.25, 0.3) is 0 Å². The Morgan fingerprint density at radius 3 is 2.68 bits per heavy atom. The van der Waals surface area contributed by atoms with Gasteiger partial charge in [0.25, 0.3) is 0 Å². The number of aliphatic hydroxyl groups is 1. The first-order valence-corrected chi connectivity index (χ1v) is 6.48. The SMILES string of the molecule is COc1ccc(C)cc1C(O)CCCC(=O)N(C)C. The van der Waals surface area contributed by atoms with Crippen molar-refractivity contribution in [2.45, 2.75) is 32.3 Å². The molecule has 0 bridgehead atoms. The molecule has 4 nitrogen and oxygen atoms in total. The van der Waals surface area contributed by atoms with Crippen molar-refractivity contribution in [1.82, 2.24) is 4.90 Å². The van der Waals surface area contributed by atoms with E-state index in [1.807, 2.05) is 25.1 Å². The zero-order chi connectivity index (χ0) is 14.4. The van der Waals surface area contributed by atoms with E-state index in [0.717, 1.165) is 11.1 Å². The van der Waals surface area contributed by atoms with Crippen molar-refractivity contribution in [2.75, 3.05) is 21.2 Å². The summed E-state index contributed by atoms with van der Waals surface area (Å²) in [7, 11) is 5.07. The molecular formula is C15H23NO3. The lowest BCUT2D eigenvalue weighted by Crippen LogP contribution is -2.21. The number of benzene rings is 1. The molecule has 0 saturated carbocycles. The highest BCUT2D eigenvalue weighted by Gasteiger charge is 2.14. The van der Waals surface area contributed by atoms with Crippen LogP contribution in [0.4, 0.5) is 0 Å². The lowest BCUT2D eigenvalue weighted by molar-refractivity contribution is -0.128. The van der Waals surface area contributed by atoms with Gasteiger partial charge < -0.3 is 14.7 Å². The fourth-order valence-electron chi connectivity index (χ4n) is 1.94. The second-order valence-corrected chi connectivity index (χ2v) is 4.94. The van der Waals surface area contributed by atoms with Gasteiger partial charge in [-0.3, -0.25) is 4.79 Å². The van der Waals surface area contributed by atoms with Gasteiger partial charge in [0.05, 0.1) is 13.2 Å². The smallest absolute Gasteiger partial charge is 0.222 e. The Labute approximate surface area is 115 Å². The fourth-order valence-corrected chi connectivity index (χ4v) is 1.94. The monoisotopic (exact) mass is 265 g/mol. The van der Waals surface area contributed by atoms with Gasteiger partial charge in [-0.15, -0.1) is 0 Å². The summed E-state index contributed by atoms with van der Waals surface area (Å²) >= 11 is 0. The van der Waals surface area contributed by atoms with E-state index in [9.17, 15) is 9.90 Å². The molecule has 4 heteroatoms. The molecule has 1 aromatic rings. The van der Waals surface area contributed by atoms with Crippen LogP contribution in [0.15, 0.2) is 18.2 Å². The molecule has 0 aliphatic rings. The number of carbonyl (C=O) groups is 1. The Bertz CT molecular complexity index is 429. The van der Waals surface area contributed by atoms with Crippen molar-refractivity contribution in [2.24, 2.45) is 0 Å². The first-order chi connectivity index (χ1) is 8.95. The molecule has 0 radical (unpaired) electrons. The lowest BCUT2D eigenvalue weighted by Gasteiger charge is -2.16. The summed E-state index contributed by atoms with van der Waals surface area (Å²) < 4.78 is 5.25. The van der Waals surface area contributed by atoms with Crippen LogP contribution in [0.1, 0.15) is 36.5 Å². The van der Waals surface area contributed by atoms with Crippen LogP contribution in [0.2, 0.25) is 0 Å². The van der Waals surface area contributed by atoms with Gasteiger partial charge in [0.15, 0.2) is 0 Å². The predicted octanol–water partition coefficient (Wildman–Crippen LogP) is 2.30. The van der Waals surface area contributed by atoms with E-state index in [1.165, 1.54) is 0 Å². The van der Waals surface area contributed by atoms with E-state index in [0.29, 0.717) is 25.0 Å². The highest BCUT2D eigenvalue weighted by Crippen LogP contribution is 2.29. The van der Waals surface area contributed by atoms with E-state index < -0.39 is 6.10 Å². The van der Waals surface area contributed by atoms with Crippen LogP contribution < -0.4 is 4.74 Å². The van der Waals surface area contributed by atoms with Crippen LogP contribution in [0.5, 0.6) is 5.75 Å².